The molecule has 0 aliphatic carbocycles. The van der Waals surface area contributed by atoms with Gasteiger partial charge in [0, 0.05) is 0 Å². The second kappa shape index (κ2) is 5.15. The van der Waals surface area contributed by atoms with Gasteiger partial charge < -0.3 is 0 Å². The standard InChI is InChI=1S/C17H16ClFN2/c1-10-4-7-16-15(8-10)20-17(12(3)18)21(16)13-6-5-11(2)14(19)9-13/h4-9,12H,1-3H3. The van der Waals surface area contributed by atoms with Gasteiger partial charge in [0.1, 0.15) is 11.6 Å². The van der Waals surface area contributed by atoms with Crippen LogP contribution in [0.1, 0.15) is 29.3 Å². The maximum atomic E-state index is 13.9. The highest BCUT2D eigenvalue weighted by atomic mass is 35.5. The van der Waals surface area contributed by atoms with Crippen LogP contribution in [0.25, 0.3) is 16.7 Å². The van der Waals surface area contributed by atoms with Crippen molar-refractivity contribution in [2.24, 2.45) is 0 Å². The van der Waals surface area contributed by atoms with E-state index in [1.165, 1.54) is 6.07 Å². The predicted molar refractivity (Wildman–Crippen MR) is 84.8 cm³/mol. The van der Waals surface area contributed by atoms with Crippen molar-refractivity contribution in [3.63, 3.8) is 0 Å². The Labute approximate surface area is 128 Å². The number of alkyl halides is 1. The number of fused-ring (bicyclic) bond motifs is 1. The normalized spacial score (nSPS) is 12.8. The molecule has 0 saturated carbocycles. The summed E-state index contributed by atoms with van der Waals surface area (Å²) in [5.74, 6) is 0.496. The first kappa shape index (κ1) is 14.1. The minimum Gasteiger partial charge on any atom is -0.295 e. The van der Waals surface area contributed by atoms with Crippen LogP contribution in [0.15, 0.2) is 36.4 Å². The van der Waals surface area contributed by atoms with Gasteiger partial charge >= 0.3 is 0 Å². The summed E-state index contributed by atoms with van der Waals surface area (Å²) in [4.78, 5) is 4.61. The van der Waals surface area contributed by atoms with E-state index < -0.39 is 0 Å². The molecule has 0 saturated heterocycles. The maximum absolute atomic E-state index is 13.9. The zero-order valence-electron chi connectivity index (χ0n) is 12.2. The molecule has 3 rings (SSSR count). The highest BCUT2D eigenvalue weighted by Gasteiger charge is 2.17. The van der Waals surface area contributed by atoms with Crippen molar-refractivity contribution in [3.8, 4) is 5.69 Å². The monoisotopic (exact) mass is 302 g/mol. The van der Waals surface area contributed by atoms with Crippen LogP contribution >= 0.6 is 11.6 Å². The van der Waals surface area contributed by atoms with Crippen LogP contribution in [-0.2, 0) is 0 Å². The van der Waals surface area contributed by atoms with Crippen molar-refractivity contribution in [1.82, 2.24) is 9.55 Å². The Morgan fingerprint density at radius 3 is 2.57 bits per heavy atom. The van der Waals surface area contributed by atoms with E-state index in [0.717, 1.165) is 28.1 Å². The summed E-state index contributed by atoms with van der Waals surface area (Å²) in [6.07, 6.45) is 0. The molecule has 1 heterocycles. The van der Waals surface area contributed by atoms with E-state index in [0.29, 0.717) is 5.56 Å². The second-order valence-corrected chi connectivity index (χ2v) is 6.00. The van der Waals surface area contributed by atoms with Crippen LogP contribution in [0.2, 0.25) is 0 Å². The summed E-state index contributed by atoms with van der Waals surface area (Å²) in [5, 5.41) is -0.262. The lowest BCUT2D eigenvalue weighted by atomic mass is 10.2. The van der Waals surface area contributed by atoms with Gasteiger partial charge in [-0.25, -0.2) is 9.37 Å². The Morgan fingerprint density at radius 2 is 1.90 bits per heavy atom. The highest BCUT2D eigenvalue weighted by Crippen LogP contribution is 2.29. The molecule has 0 N–H and O–H groups in total. The molecule has 0 spiro atoms. The quantitative estimate of drug-likeness (QED) is 0.604. The fourth-order valence-corrected chi connectivity index (χ4v) is 2.61. The first-order valence-electron chi connectivity index (χ1n) is 6.87. The van der Waals surface area contributed by atoms with Crippen molar-refractivity contribution in [2.45, 2.75) is 26.1 Å². The van der Waals surface area contributed by atoms with Crippen LogP contribution in [0.3, 0.4) is 0 Å². The van der Waals surface area contributed by atoms with Gasteiger partial charge in [0.05, 0.1) is 22.1 Å². The molecule has 2 nitrogen and oxygen atoms in total. The number of benzene rings is 2. The summed E-state index contributed by atoms with van der Waals surface area (Å²) < 4.78 is 15.8. The van der Waals surface area contributed by atoms with Crippen LogP contribution in [0.5, 0.6) is 0 Å². The Bertz CT molecular complexity index is 821. The molecule has 0 bridgehead atoms. The number of hydrogen-bond acceptors (Lipinski definition) is 1. The number of halogens is 2. The molecule has 3 aromatic rings. The Hall–Kier alpha value is -1.87. The number of nitrogens with zero attached hydrogens (tertiary/aromatic N) is 2. The topological polar surface area (TPSA) is 17.8 Å². The minimum atomic E-state index is -0.262. The molecule has 1 aromatic heterocycles. The molecule has 1 atom stereocenters. The molecule has 108 valence electrons. The van der Waals surface area contributed by atoms with Gasteiger partial charge in [-0.05, 0) is 56.2 Å². The van der Waals surface area contributed by atoms with Crippen LogP contribution in [-0.4, -0.2) is 9.55 Å². The summed E-state index contributed by atoms with van der Waals surface area (Å²) in [5.41, 5.74) is 4.31. The molecule has 0 radical (unpaired) electrons. The fraction of sp³-hybridized carbons (Fsp3) is 0.235. The lowest BCUT2D eigenvalue weighted by Gasteiger charge is -2.11. The number of rotatable bonds is 2. The first-order chi connectivity index (χ1) is 9.97. The summed E-state index contributed by atoms with van der Waals surface area (Å²) in [7, 11) is 0. The molecule has 0 aliphatic rings. The summed E-state index contributed by atoms with van der Waals surface area (Å²) in [6.45, 7) is 5.64. The predicted octanol–water partition coefficient (Wildman–Crippen LogP) is 5.08. The van der Waals surface area contributed by atoms with Crippen LogP contribution < -0.4 is 0 Å². The molecular formula is C17H16ClFN2. The maximum Gasteiger partial charge on any atom is 0.132 e. The second-order valence-electron chi connectivity index (χ2n) is 5.35. The number of imidazole rings is 1. The van der Waals surface area contributed by atoms with Crippen molar-refractivity contribution in [3.05, 3.63) is 59.2 Å². The number of aryl methyl sites for hydroxylation is 2. The zero-order chi connectivity index (χ0) is 15.1. The van der Waals surface area contributed by atoms with E-state index in [1.54, 1.807) is 13.0 Å². The van der Waals surface area contributed by atoms with Crippen LogP contribution in [0.4, 0.5) is 4.39 Å². The average Bonchev–Trinajstić information content (AvgIpc) is 2.80. The largest absolute Gasteiger partial charge is 0.295 e. The molecule has 4 heteroatoms. The molecule has 0 aliphatic heterocycles. The molecule has 1 unspecified atom stereocenters. The third-order valence-corrected chi connectivity index (χ3v) is 3.80. The molecule has 0 fully saturated rings. The third kappa shape index (κ3) is 2.42. The lowest BCUT2D eigenvalue weighted by molar-refractivity contribution is 0.617. The van der Waals surface area contributed by atoms with Gasteiger partial charge in [0.15, 0.2) is 0 Å². The van der Waals surface area contributed by atoms with Crippen LogP contribution in [0, 0.1) is 19.7 Å². The van der Waals surface area contributed by atoms with Crippen molar-refractivity contribution < 1.29 is 4.39 Å². The third-order valence-electron chi connectivity index (χ3n) is 3.61. The number of aromatic nitrogens is 2. The van der Waals surface area contributed by atoms with E-state index in [4.69, 9.17) is 11.6 Å². The summed E-state index contributed by atoms with van der Waals surface area (Å²) in [6, 6.07) is 11.2. The lowest BCUT2D eigenvalue weighted by Crippen LogP contribution is -2.02. The van der Waals surface area contributed by atoms with Crippen molar-refractivity contribution in [1.29, 1.82) is 0 Å². The van der Waals surface area contributed by atoms with E-state index in [2.05, 4.69) is 4.98 Å². The van der Waals surface area contributed by atoms with E-state index in [-0.39, 0.29) is 11.2 Å². The van der Waals surface area contributed by atoms with Gasteiger partial charge in [-0.1, -0.05) is 12.1 Å². The fourth-order valence-electron chi connectivity index (χ4n) is 2.47. The average molecular weight is 303 g/mol. The van der Waals surface area contributed by atoms with E-state index >= 15 is 0 Å². The minimum absolute atomic E-state index is 0.227. The Balaban J connectivity index is 2.33. The highest BCUT2D eigenvalue weighted by molar-refractivity contribution is 6.20. The van der Waals surface area contributed by atoms with Crippen molar-refractivity contribution in [2.75, 3.05) is 0 Å². The van der Waals surface area contributed by atoms with E-state index in [9.17, 15) is 4.39 Å². The smallest absolute Gasteiger partial charge is 0.132 e. The van der Waals surface area contributed by atoms with E-state index in [1.807, 2.05) is 42.7 Å². The Morgan fingerprint density at radius 1 is 1.14 bits per heavy atom. The molecule has 2 aromatic carbocycles. The van der Waals surface area contributed by atoms with Gasteiger partial charge in [0.2, 0.25) is 0 Å². The van der Waals surface area contributed by atoms with Gasteiger partial charge in [-0.15, -0.1) is 11.6 Å². The van der Waals surface area contributed by atoms with Gasteiger partial charge in [0.25, 0.3) is 0 Å². The van der Waals surface area contributed by atoms with Gasteiger partial charge in [-0.3, -0.25) is 4.57 Å². The molecule has 21 heavy (non-hydrogen) atoms. The molecular weight excluding hydrogens is 287 g/mol. The van der Waals surface area contributed by atoms with Crippen molar-refractivity contribution >= 4 is 22.6 Å². The first-order valence-corrected chi connectivity index (χ1v) is 7.30. The molecule has 0 amide bonds. The zero-order valence-corrected chi connectivity index (χ0v) is 12.9. The summed E-state index contributed by atoms with van der Waals surface area (Å²) >= 11 is 6.26. The number of hydrogen-bond donors (Lipinski definition) is 0. The Kier molecular flexibility index (Phi) is 3.46. The van der Waals surface area contributed by atoms with Gasteiger partial charge in [-0.2, -0.15) is 0 Å². The SMILES string of the molecule is Cc1ccc2c(c1)nc(C(C)Cl)n2-c1ccc(C)c(F)c1.